The molecule has 0 heterocycles. The SMILES string of the molecule is CN(C)c1ccc(S(=O)(=O)CC2CCCCC2C(=O)NCC#N)cc1. The van der Waals surface area contributed by atoms with E-state index in [1.54, 1.807) is 24.3 Å². The summed E-state index contributed by atoms with van der Waals surface area (Å²) in [5, 5.41) is 11.2. The van der Waals surface area contributed by atoms with Crippen molar-refractivity contribution in [2.45, 2.75) is 30.6 Å². The Labute approximate surface area is 149 Å². The van der Waals surface area contributed by atoms with Crippen molar-refractivity contribution in [3.05, 3.63) is 24.3 Å². The largest absolute Gasteiger partial charge is 0.378 e. The van der Waals surface area contributed by atoms with Gasteiger partial charge in [-0.1, -0.05) is 12.8 Å². The Bertz CT molecular complexity index is 736. The first-order valence-electron chi connectivity index (χ1n) is 8.50. The summed E-state index contributed by atoms with van der Waals surface area (Å²) in [7, 11) is 0.345. The van der Waals surface area contributed by atoms with Gasteiger partial charge >= 0.3 is 0 Å². The maximum absolute atomic E-state index is 12.8. The Hall–Kier alpha value is -2.07. The number of anilines is 1. The fraction of sp³-hybridized carbons (Fsp3) is 0.556. The summed E-state index contributed by atoms with van der Waals surface area (Å²) in [5.74, 6) is -0.771. The Balaban J connectivity index is 2.13. The van der Waals surface area contributed by atoms with Crippen LogP contribution in [-0.4, -0.2) is 40.7 Å². The molecule has 1 aliphatic rings. The minimum Gasteiger partial charge on any atom is -0.378 e. The predicted molar refractivity (Wildman–Crippen MR) is 96.9 cm³/mol. The number of hydrogen-bond acceptors (Lipinski definition) is 5. The van der Waals surface area contributed by atoms with Gasteiger partial charge in [0.15, 0.2) is 9.84 Å². The number of amides is 1. The smallest absolute Gasteiger partial charge is 0.224 e. The summed E-state index contributed by atoms with van der Waals surface area (Å²) in [4.78, 5) is 14.4. The molecule has 0 aliphatic heterocycles. The predicted octanol–water partition coefficient (Wildman–Crippen LogP) is 1.97. The lowest BCUT2D eigenvalue weighted by molar-refractivity contribution is -0.127. The van der Waals surface area contributed by atoms with E-state index in [0.717, 1.165) is 24.9 Å². The number of carbonyl (C=O) groups is 1. The molecule has 1 aromatic carbocycles. The molecule has 1 aliphatic carbocycles. The van der Waals surface area contributed by atoms with Crippen LogP contribution in [0, 0.1) is 23.2 Å². The lowest BCUT2D eigenvalue weighted by atomic mass is 9.80. The van der Waals surface area contributed by atoms with Gasteiger partial charge in [0.25, 0.3) is 0 Å². The minimum atomic E-state index is -3.45. The first-order chi connectivity index (χ1) is 11.8. The molecule has 2 atom stereocenters. The molecule has 0 aromatic heterocycles. The lowest BCUT2D eigenvalue weighted by Crippen LogP contribution is -2.39. The highest BCUT2D eigenvalue weighted by Gasteiger charge is 2.34. The summed E-state index contributed by atoms with van der Waals surface area (Å²) in [6.07, 6.45) is 3.25. The maximum atomic E-state index is 12.8. The van der Waals surface area contributed by atoms with Crippen LogP contribution in [0.2, 0.25) is 0 Å². The molecule has 6 nitrogen and oxygen atoms in total. The van der Waals surface area contributed by atoms with Crippen molar-refractivity contribution in [3.8, 4) is 6.07 Å². The molecule has 0 saturated heterocycles. The number of carbonyl (C=O) groups excluding carboxylic acids is 1. The Kier molecular flexibility index (Phi) is 6.43. The van der Waals surface area contributed by atoms with Crippen molar-refractivity contribution in [3.63, 3.8) is 0 Å². The van der Waals surface area contributed by atoms with Crippen molar-refractivity contribution in [1.29, 1.82) is 5.26 Å². The van der Waals surface area contributed by atoms with Crippen molar-refractivity contribution in [2.24, 2.45) is 11.8 Å². The molecule has 1 N–H and O–H groups in total. The van der Waals surface area contributed by atoms with Crippen molar-refractivity contribution < 1.29 is 13.2 Å². The third-order valence-corrected chi connectivity index (χ3v) is 6.59. The fourth-order valence-corrected chi connectivity index (χ4v) is 5.05. The standard InChI is InChI=1S/C18H25N3O3S/c1-21(2)15-7-9-16(10-8-15)25(23,24)13-14-5-3-4-6-17(14)18(22)20-12-11-19/h7-10,14,17H,3-6,12-13H2,1-2H3,(H,20,22). The van der Waals surface area contributed by atoms with Gasteiger partial charge in [-0.05, 0) is 43.0 Å². The topological polar surface area (TPSA) is 90.3 Å². The zero-order chi connectivity index (χ0) is 18.4. The molecular weight excluding hydrogens is 338 g/mol. The van der Waals surface area contributed by atoms with Crippen LogP contribution in [0.5, 0.6) is 0 Å². The number of nitrogens with one attached hydrogen (secondary N) is 1. The van der Waals surface area contributed by atoms with E-state index < -0.39 is 9.84 Å². The van der Waals surface area contributed by atoms with E-state index in [9.17, 15) is 13.2 Å². The number of sulfone groups is 1. The number of benzene rings is 1. The lowest BCUT2D eigenvalue weighted by Gasteiger charge is -2.30. The molecule has 1 amide bonds. The first kappa shape index (κ1) is 19.3. The van der Waals surface area contributed by atoms with Gasteiger partial charge in [-0.3, -0.25) is 4.79 Å². The van der Waals surface area contributed by atoms with Crippen LogP contribution >= 0.6 is 0 Å². The van der Waals surface area contributed by atoms with Crippen molar-refractivity contribution in [2.75, 3.05) is 31.3 Å². The fourth-order valence-electron chi connectivity index (χ4n) is 3.34. The normalized spacial score (nSPS) is 20.5. The Morgan fingerprint density at radius 3 is 2.48 bits per heavy atom. The maximum Gasteiger partial charge on any atom is 0.224 e. The zero-order valence-electron chi connectivity index (χ0n) is 14.7. The average Bonchev–Trinajstić information content (AvgIpc) is 2.60. The molecule has 1 aromatic rings. The quantitative estimate of drug-likeness (QED) is 0.781. The third kappa shape index (κ3) is 4.95. The third-order valence-electron chi connectivity index (χ3n) is 4.73. The van der Waals surface area contributed by atoms with Crippen molar-refractivity contribution in [1.82, 2.24) is 5.32 Å². The second kappa shape index (κ2) is 8.34. The molecular formula is C18H25N3O3S. The summed E-state index contributed by atoms with van der Waals surface area (Å²) in [5.41, 5.74) is 0.936. The molecule has 136 valence electrons. The van der Waals surface area contributed by atoms with E-state index >= 15 is 0 Å². The van der Waals surface area contributed by atoms with Gasteiger partial charge in [0, 0.05) is 25.7 Å². The molecule has 1 fully saturated rings. The van der Waals surface area contributed by atoms with Gasteiger partial charge < -0.3 is 10.2 Å². The van der Waals surface area contributed by atoms with Crippen LogP contribution < -0.4 is 10.2 Å². The summed E-state index contributed by atoms with van der Waals surface area (Å²) < 4.78 is 25.5. The first-order valence-corrected chi connectivity index (χ1v) is 10.1. The van der Waals surface area contributed by atoms with E-state index in [2.05, 4.69) is 5.32 Å². The van der Waals surface area contributed by atoms with Gasteiger partial charge in [0.2, 0.25) is 5.91 Å². The van der Waals surface area contributed by atoms with Crippen LogP contribution in [0.1, 0.15) is 25.7 Å². The number of hydrogen-bond donors (Lipinski definition) is 1. The van der Waals surface area contributed by atoms with Crippen LogP contribution in [0.25, 0.3) is 0 Å². The average molecular weight is 363 g/mol. The molecule has 25 heavy (non-hydrogen) atoms. The molecule has 0 radical (unpaired) electrons. The summed E-state index contributed by atoms with van der Waals surface area (Å²) in [6, 6.07) is 8.70. The van der Waals surface area contributed by atoms with Crippen LogP contribution in [0.3, 0.4) is 0 Å². The summed E-state index contributed by atoms with van der Waals surface area (Å²) >= 11 is 0. The van der Waals surface area contributed by atoms with E-state index in [4.69, 9.17) is 5.26 Å². The number of rotatable bonds is 6. The van der Waals surface area contributed by atoms with E-state index in [1.807, 2.05) is 25.1 Å². The number of nitriles is 1. The van der Waals surface area contributed by atoms with Crippen LogP contribution in [0.4, 0.5) is 5.69 Å². The monoisotopic (exact) mass is 363 g/mol. The van der Waals surface area contributed by atoms with Gasteiger partial charge in [0.05, 0.1) is 16.7 Å². The number of nitrogens with zero attached hydrogens (tertiary/aromatic N) is 2. The highest BCUT2D eigenvalue weighted by atomic mass is 32.2. The Morgan fingerprint density at radius 2 is 1.88 bits per heavy atom. The van der Waals surface area contributed by atoms with E-state index in [1.165, 1.54) is 0 Å². The summed E-state index contributed by atoms with van der Waals surface area (Å²) in [6.45, 7) is -0.0409. The molecule has 1 saturated carbocycles. The molecule has 2 rings (SSSR count). The van der Waals surface area contributed by atoms with Gasteiger partial charge in [-0.2, -0.15) is 5.26 Å². The van der Waals surface area contributed by atoms with E-state index in [0.29, 0.717) is 11.3 Å². The second-order valence-corrected chi connectivity index (χ2v) is 8.73. The molecule has 0 bridgehead atoms. The van der Waals surface area contributed by atoms with Gasteiger partial charge in [-0.15, -0.1) is 0 Å². The van der Waals surface area contributed by atoms with Gasteiger partial charge in [-0.25, -0.2) is 8.42 Å². The van der Waals surface area contributed by atoms with E-state index in [-0.39, 0.29) is 30.0 Å². The highest BCUT2D eigenvalue weighted by molar-refractivity contribution is 7.91. The van der Waals surface area contributed by atoms with Gasteiger partial charge in [0.1, 0.15) is 6.54 Å². The second-order valence-electron chi connectivity index (χ2n) is 6.70. The molecule has 2 unspecified atom stereocenters. The zero-order valence-corrected chi connectivity index (χ0v) is 15.6. The van der Waals surface area contributed by atoms with Crippen molar-refractivity contribution >= 4 is 21.4 Å². The van der Waals surface area contributed by atoms with Crippen LogP contribution in [0.15, 0.2) is 29.2 Å². The highest BCUT2D eigenvalue weighted by Crippen LogP contribution is 2.33. The Morgan fingerprint density at radius 1 is 1.24 bits per heavy atom. The van der Waals surface area contributed by atoms with Crippen LogP contribution in [-0.2, 0) is 14.6 Å². The molecule has 0 spiro atoms. The molecule has 7 heteroatoms. The minimum absolute atomic E-state index is 0.0288.